The van der Waals surface area contributed by atoms with Gasteiger partial charge in [0.1, 0.15) is 5.75 Å². The van der Waals surface area contributed by atoms with Crippen molar-refractivity contribution in [3.8, 4) is 5.75 Å². The molecule has 1 atom stereocenters. The molecule has 152 valence electrons. The minimum absolute atomic E-state index is 0.0792. The fourth-order valence-electron chi connectivity index (χ4n) is 2.29. The number of alkyl halides is 2. The Kier molecular flexibility index (Phi) is 7.22. The molecule has 0 saturated carbocycles. The first-order chi connectivity index (χ1) is 13.0. The molecule has 1 unspecified atom stereocenters. The van der Waals surface area contributed by atoms with Crippen LogP contribution in [0.4, 0.5) is 0 Å². The fraction of sp³-hybridized carbons (Fsp3) is 0.278. The number of methoxy groups -OCH3 is 1. The molecule has 2 rings (SSSR count). The summed E-state index contributed by atoms with van der Waals surface area (Å²) in [6.07, 6.45) is 0. The fourth-order valence-corrected chi connectivity index (χ4v) is 4.86. The van der Waals surface area contributed by atoms with Crippen molar-refractivity contribution in [1.29, 1.82) is 0 Å². The van der Waals surface area contributed by atoms with Crippen LogP contribution in [0.1, 0.15) is 10.4 Å². The Hall–Kier alpha value is -1.51. The van der Waals surface area contributed by atoms with Crippen LogP contribution in [0.5, 0.6) is 5.75 Å². The van der Waals surface area contributed by atoms with E-state index in [-0.39, 0.29) is 10.5 Å². The number of nitrogens with one attached hydrogen (secondary N) is 1. The zero-order valence-electron chi connectivity index (χ0n) is 15.3. The van der Waals surface area contributed by atoms with E-state index in [0.29, 0.717) is 10.8 Å². The third kappa shape index (κ3) is 4.90. The quantitative estimate of drug-likeness (QED) is 0.500. The van der Waals surface area contributed by atoms with Crippen LogP contribution in [0.15, 0.2) is 53.4 Å². The summed E-state index contributed by atoms with van der Waals surface area (Å²) in [6, 6.07) is 11.7. The van der Waals surface area contributed by atoms with Crippen molar-refractivity contribution >= 4 is 50.5 Å². The van der Waals surface area contributed by atoms with Gasteiger partial charge in [-0.05, 0) is 62.6 Å². The summed E-state index contributed by atoms with van der Waals surface area (Å²) in [5, 5.41) is 1.15. The average molecular weight is 466 g/mol. The summed E-state index contributed by atoms with van der Waals surface area (Å²) < 4.78 is 29.5. The highest BCUT2D eigenvalue weighted by Gasteiger charge is 2.47. The maximum absolute atomic E-state index is 13.2. The monoisotopic (exact) mass is 464 g/mol. The van der Waals surface area contributed by atoms with Crippen molar-refractivity contribution in [2.24, 2.45) is 0 Å². The first-order valence-corrected chi connectivity index (χ1v) is 10.7. The smallest absolute Gasteiger partial charge is 0.252 e. The van der Waals surface area contributed by atoms with Gasteiger partial charge in [0, 0.05) is 10.6 Å². The molecule has 0 radical (unpaired) electrons. The number of ether oxygens (including phenoxy) is 1. The largest absolute Gasteiger partial charge is 0.497 e. The van der Waals surface area contributed by atoms with Gasteiger partial charge in [-0.25, -0.2) is 8.42 Å². The number of hydrogen-bond acceptors (Lipinski definition) is 5. The summed E-state index contributed by atoms with van der Waals surface area (Å²) in [5.41, 5.74) is 0.222. The maximum Gasteiger partial charge on any atom is 0.252 e. The van der Waals surface area contributed by atoms with E-state index < -0.39 is 25.6 Å². The number of nitrogens with zero attached hydrogens (tertiary/aromatic N) is 1. The van der Waals surface area contributed by atoms with Gasteiger partial charge >= 0.3 is 0 Å². The van der Waals surface area contributed by atoms with E-state index >= 15 is 0 Å². The van der Waals surface area contributed by atoms with Crippen LogP contribution < -0.4 is 10.1 Å². The van der Waals surface area contributed by atoms with Crippen molar-refractivity contribution < 1.29 is 17.9 Å². The topological polar surface area (TPSA) is 75.7 Å². The first-order valence-electron chi connectivity index (χ1n) is 7.99. The Morgan fingerprint density at radius 3 is 2.07 bits per heavy atom. The normalized spacial score (nSPS) is 13.2. The number of hydrogen-bond donors (Lipinski definition) is 1. The lowest BCUT2D eigenvalue weighted by atomic mass is 10.2. The van der Waals surface area contributed by atoms with Crippen molar-refractivity contribution in [3.63, 3.8) is 0 Å². The average Bonchev–Trinajstić information content (AvgIpc) is 2.65. The second-order valence-electron chi connectivity index (χ2n) is 6.06. The van der Waals surface area contributed by atoms with Crippen LogP contribution in [0.25, 0.3) is 0 Å². The minimum atomic E-state index is -4.16. The van der Waals surface area contributed by atoms with Crippen LogP contribution in [0.2, 0.25) is 5.02 Å². The number of rotatable bonds is 7. The summed E-state index contributed by atoms with van der Waals surface area (Å²) in [7, 11) is 0.347. The van der Waals surface area contributed by atoms with E-state index in [0.717, 1.165) is 0 Å². The molecule has 2 aromatic rings. The van der Waals surface area contributed by atoms with E-state index in [2.05, 4.69) is 5.32 Å². The van der Waals surface area contributed by atoms with Gasteiger partial charge < -0.3 is 10.1 Å². The van der Waals surface area contributed by atoms with E-state index in [9.17, 15) is 13.2 Å². The molecule has 6 nitrogen and oxygen atoms in total. The number of amides is 1. The summed E-state index contributed by atoms with van der Waals surface area (Å²) in [5.74, 6) is -0.100. The molecule has 0 aliphatic heterocycles. The molecule has 0 aromatic heterocycles. The van der Waals surface area contributed by atoms with E-state index in [1.165, 1.54) is 62.5 Å². The third-order valence-electron chi connectivity index (χ3n) is 3.98. The Morgan fingerprint density at radius 1 is 1.07 bits per heavy atom. The van der Waals surface area contributed by atoms with Gasteiger partial charge in [-0.1, -0.05) is 34.8 Å². The SMILES string of the molecule is COc1ccc(C(=O)NC(C(Cl)(Cl)N(C)C)S(=O)(=O)c2ccc(Cl)cc2)cc1. The predicted octanol–water partition coefficient (Wildman–Crippen LogP) is 3.57. The lowest BCUT2D eigenvalue weighted by Gasteiger charge is -2.35. The van der Waals surface area contributed by atoms with Gasteiger partial charge in [-0.2, -0.15) is 0 Å². The molecule has 10 heteroatoms. The molecule has 0 saturated heterocycles. The van der Waals surface area contributed by atoms with Crippen LogP contribution in [-0.2, 0) is 9.84 Å². The van der Waals surface area contributed by atoms with E-state index in [1.54, 1.807) is 12.1 Å². The zero-order valence-corrected chi connectivity index (χ0v) is 18.4. The number of carbonyl (C=O) groups excluding carboxylic acids is 1. The van der Waals surface area contributed by atoms with Crippen LogP contribution in [0.3, 0.4) is 0 Å². The standard InChI is InChI=1S/C18H19Cl3N2O4S/c1-23(2)18(20,21)17(28(25,26)15-10-6-13(19)7-11-15)22-16(24)12-4-8-14(27-3)9-5-12/h4-11,17H,1-3H3,(H,22,24). The lowest BCUT2D eigenvalue weighted by Crippen LogP contribution is -2.57. The number of carbonyl (C=O) groups is 1. The molecule has 1 amide bonds. The Morgan fingerprint density at radius 2 is 1.61 bits per heavy atom. The molecule has 0 spiro atoms. The number of halogens is 3. The van der Waals surface area contributed by atoms with Crippen molar-refractivity contribution in [3.05, 3.63) is 59.1 Å². The van der Waals surface area contributed by atoms with Crippen molar-refractivity contribution in [2.75, 3.05) is 21.2 Å². The maximum atomic E-state index is 13.2. The molecule has 0 fully saturated rings. The molecule has 0 bridgehead atoms. The van der Waals surface area contributed by atoms with Gasteiger partial charge in [-0.15, -0.1) is 0 Å². The molecular formula is C18H19Cl3N2O4S. The second kappa shape index (κ2) is 8.88. The predicted molar refractivity (Wildman–Crippen MR) is 111 cm³/mol. The van der Waals surface area contributed by atoms with Gasteiger partial charge in [0.15, 0.2) is 5.37 Å². The first kappa shape index (κ1) is 22.8. The molecule has 28 heavy (non-hydrogen) atoms. The molecule has 0 heterocycles. The molecular weight excluding hydrogens is 447 g/mol. The third-order valence-corrected chi connectivity index (χ3v) is 7.61. The summed E-state index contributed by atoms with van der Waals surface area (Å²) >= 11 is 18.5. The Balaban J connectivity index is 2.44. The van der Waals surface area contributed by atoms with Gasteiger partial charge in [0.25, 0.3) is 5.91 Å². The van der Waals surface area contributed by atoms with Crippen molar-refractivity contribution in [2.45, 2.75) is 14.7 Å². The molecule has 1 N–H and O–H groups in total. The highest BCUT2D eigenvalue weighted by atomic mass is 35.5. The molecule has 2 aromatic carbocycles. The number of benzene rings is 2. The van der Waals surface area contributed by atoms with Gasteiger partial charge in [-0.3, -0.25) is 9.69 Å². The molecule has 0 aliphatic rings. The van der Waals surface area contributed by atoms with E-state index in [1.807, 2.05) is 0 Å². The Labute approximate surface area is 179 Å². The highest BCUT2D eigenvalue weighted by molar-refractivity contribution is 7.92. The minimum Gasteiger partial charge on any atom is -0.497 e. The lowest BCUT2D eigenvalue weighted by molar-refractivity contribution is 0.0936. The highest BCUT2D eigenvalue weighted by Crippen LogP contribution is 2.34. The van der Waals surface area contributed by atoms with Crippen LogP contribution >= 0.6 is 34.8 Å². The number of likely N-dealkylation sites (N-methyl/N-ethyl adjacent to an activating group) is 1. The summed E-state index contributed by atoms with van der Waals surface area (Å²) in [6.45, 7) is 0. The number of sulfone groups is 1. The second-order valence-corrected chi connectivity index (χ2v) is 9.88. The van der Waals surface area contributed by atoms with Gasteiger partial charge in [0.05, 0.1) is 12.0 Å². The summed E-state index contributed by atoms with van der Waals surface area (Å²) in [4.78, 5) is 13.9. The van der Waals surface area contributed by atoms with Gasteiger partial charge in [0.2, 0.25) is 14.3 Å². The zero-order chi connectivity index (χ0) is 21.1. The Bertz CT molecular complexity index is 930. The van der Waals surface area contributed by atoms with Crippen LogP contribution in [0, 0.1) is 0 Å². The van der Waals surface area contributed by atoms with Crippen molar-refractivity contribution in [1.82, 2.24) is 10.2 Å². The van der Waals surface area contributed by atoms with Crippen LogP contribution in [-0.4, -0.2) is 50.3 Å². The molecule has 0 aliphatic carbocycles. The van der Waals surface area contributed by atoms with E-state index in [4.69, 9.17) is 39.5 Å².